The molecule has 2 heterocycles. The highest BCUT2D eigenvalue weighted by atomic mass is 16.2. The Morgan fingerprint density at radius 3 is 2.50 bits per heavy atom. The number of pyridine rings is 1. The molecule has 7 heteroatoms. The molecule has 0 atom stereocenters. The minimum Gasteiger partial charge on any atom is -0.352 e. The summed E-state index contributed by atoms with van der Waals surface area (Å²) in [5, 5.41) is 2.92. The van der Waals surface area contributed by atoms with Crippen molar-refractivity contribution >= 4 is 22.8 Å². The van der Waals surface area contributed by atoms with Crippen molar-refractivity contribution in [2.45, 2.75) is 39.4 Å². The van der Waals surface area contributed by atoms with E-state index in [0.29, 0.717) is 25.1 Å². The Hall–Kier alpha value is -4.00. The van der Waals surface area contributed by atoms with E-state index in [1.165, 1.54) is 6.20 Å². The van der Waals surface area contributed by atoms with Gasteiger partial charge >= 0.3 is 0 Å². The fraction of sp³-hybridized carbons (Fsp3) is 0.259. The predicted octanol–water partition coefficient (Wildman–Crippen LogP) is 3.84. The molecule has 2 amide bonds. The molecular weight excluding hydrogens is 426 g/mol. The first-order valence-corrected chi connectivity index (χ1v) is 11.5. The molecule has 2 aromatic carbocycles. The lowest BCUT2D eigenvalue weighted by Crippen LogP contribution is -2.39. The van der Waals surface area contributed by atoms with Gasteiger partial charge in [-0.2, -0.15) is 0 Å². The summed E-state index contributed by atoms with van der Waals surface area (Å²) < 4.78 is 1.97. The first-order valence-electron chi connectivity index (χ1n) is 11.5. The van der Waals surface area contributed by atoms with Gasteiger partial charge < -0.3 is 14.8 Å². The predicted molar refractivity (Wildman–Crippen MR) is 132 cm³/mol. The minimum atomic E-state index is -0.180. The number of rotatable bonds is 9. The maximum Gasteiger partial charge on any atom is 0.252 e. The molecule has 0 spiro atoms. The highest BCUT2D eigenvalue weighted by molar-refractivity contribution is 5.93. The monoisotopic (exact) mass is 455 g/mol. The Labute approximate surface area is 199 Å². The standard InChI is InChI=1S/C27H29N5O2/c1-20(2)31(18-21-9-4-3-5-10-21)26(33)19-32-24-13-7-6-12-23(24)30-25(32)14-16-29-27(34)22-11-8-15-28-17-22/h3-13,15,17,20H,14,16,18-19H2,1-2H3,(H,29,34). The first-order chi connectivity index (χ1) is 16.5. The van der Waals surface area contributed by atoms with Gasteiger partial charge in [-0.15, -0.1) is 0 Å². The van der Waals surface area contributed by atoms with Crippen LogP contribution < -0.4 is 5.32 Å². The molecule has 0 aliphatic heterocycles. The van der Waals surface area contributed by atoms with E-state index < -0.39 is 0 Å². The number of carbonyl (C=O) groups is 2. The van der Waals surface area contributed by atoms with Gasteiger partial charge in [0, 0.05) is 37.9 Å². The lowest BCUT2D eigenvalue weighted by atomic mass is 10.2. The van der Waals surface area contributed by atoms with E-state index in [1.54, 1.807) is 18.3 Å². The second-order valence-corrected chi connectivity index (χ2v) is 8.45. The van der Waals surface area contributed by atoms with Crippen LogP contribution in [0.2, 0.25) is 0 Å². The van der Waals surface area contributed by atoms with E-state index in [2.05, 4.69) is 10.3 Å². The van der Waals surface area contributed by atoms with Gasteiger partial charge in [-0.05, 0) is 43.7 Å². The van der Waals surface area contributed by atoms with Crippen LogP contribution in [0, 0.1) is 0 Å². The largest absolute Gasteiger partial charge is 0.352 e. The molecular formula is C27H29N5O2. The Kier molecular flexibility index (Phi) is 7.32. The number of nitrogens with zero attached hydrogens (tertiary/aromatic N) is 4. The first kappa shape index (κ1) is 23.2. The molecule has 0 fully saturated rings. The molecule has 174 valence electrons. The molecule has 0 aliphatic carbocycles. The van der Waals surface area contributed by atoms with Crippen LogP contribution in [-0.4, -0.2) is 43.8 Å². The van der Waals surface area contributed by atoms with Crippen molar-refractivity contribution in [3.05, 3.63) is 96.1 Å². The van der Waals surface area contributed by atoms with Crippen LogP contribution in [0.4, 0.5) is 0 Å². The van der Waals surface area contributed by atoms with Crippen molar-refractivity contribution in [2.75, 3.05) is 6.54 Å². The summed E-state index contributed by atoms with van der Waals surface area (Å²) in [7, 11) is 0. The number of amides is 2. The van der Waals surface area contributed by atoms with Gasteiger partial charge in [-0.25, -0.2) is 4.98 Å². The Morgan fingerprint density at radius 2 is 1.76 bits per heavy atom. The topological polar surface area (TPSA) is 80.1 Å². The van der Waals surface area contributed by atoms with Crippen molar-refractivity contribution in [3.63, 3.8) is 0 Å². The molecule has 0 bridgehead atoms. The number of carbonyl (C=O) groups excluding carboxylic acids is 2. The molecule has 0 aliphatic rings. The number of para-hydroxylation sites is 2. The molecule has 0 radical (unpaired) electrons. The number of fused-ring (bicyclic) bond motifs is 1. The molecule has 4 rings (SSSR count). The minimum absolute atomic E-state index is 0.0302. The third-order valence-corrected chi connectivity index (χ3v) is 5.72. The van der Waals surface area contributed by atoms with Crippen molar-refractivity contribution in [1.82, 2.24) is 24.8 Å². The van der Waals surface area contributed by atoms with Gasteiger partial charge in [-0.3, -0.25) is 14.6 Å². The Bertz CT molecular complexity index is 1250. The van der Waals surface area contributed by atoms with Gasteiger partial charge in [0.2, 0.25) is 5.91 Å². The van der Waals surface area contributed by atoms with Crippen molar-refractivity contribution in [3.8, 4) is 0 Å². The maximum atomic E-state index is 13.4. The molecule has 2 aromatic heterocycles. The summed E-state index contributed by atoms with van der Waals surface area (Å²) in [5.41, 5.74) is 3.36. The zero-order chi connectivity index (χ0) is 23.9. The number of imidazole rings is 1. The van der Waals surface area contributed by atoms with Gasteiger partial charge in [0.15, 0.2) is 0 Å². The second kappa shape index (κ2) is 10.7. The molecule has 0 saturated heterocycles. The molecule has 1 N–H and O–H groups in total. The molecule has 0 unspecified atom stereocenters. The summed E-state index contributed by atoms with van der Waals surface area (Å²) >= 11 is 0. The normalized spacial score (nSPS) is 11.0. The Balaban J connectivity index is 1.51. The molecule has 0 saturated carbocycles. The third-order valence-electron chi connectivity index (χ3n) is 5.72. The van der Waals surface area contributed by atoms with E-state index in [0.717, 1.165) is 22.4 Å². The summed E-state index contributed by atoms with van der Waals surface area (Å²) in [5.74, 6) is 0.618. The van der Waals surface area contributed by atoms with Crippen LogP contribution in [0.5, 0.6) is 0 Å². The smallest absolute Gasteiger partial charge is 0.252 e. The lowest BCUT2D eigenvalue weighted by Gasteiger charge is -2.27. The highest BCUT2D eigenvalue weighted by Gasteiger charge is 2.21. The van der Waals surface area contributed by atoms with Crippen LogP contribution in [0.25, 0.3) is 11.0 Å². The van der Waals surface area contributed by atoms with Crippen LogP contribution in [-0.2, 0) is 24.3 Å². The molecule has 7 nitrogen and oxygen atoms in total. The number of nitrogens with one attached hydrogen (secondary N) is 1. The highest BCUT2D eigenvalue weighted by Crippen LogP contribution is 2.18. The Morgan fingerprint density at radius 1 is 1.00 bits per heavy atom. The van der Waals surface area contributed by atoms with E-state index in [1.807, 2.05) is 77.9 Å². The van der Waals surface area contributed by atoms with E-state index in [-0.39, 0.29) is 24.4 Å². The summed E-state index contributed by atoms with van der Waals surface area (Å²) in [6, 6.07) is 21.3. The number of hydrogen-bond acceptors (Lipinski definition) is 4. The van der Waals surface area contributed by atoms with E-state index >= 15 is 0 Å². The quantitative estimate of drug-likeness (QED) is 0.416. The van der Waals surface area contributed by atoms with Gasteiger partial charge in [0.25, 0.3) is 5.91 Å². The van der Waals surface area contributed by atoms with Crippen LogP contribution in [0.3, 0.4) is 0 Å². The summed E-state index contributed by atoms with van der Waals surface area (Å²) in [6.07, 6.45) is 3.68. The van der Waals surface area contributed by atoms with Crippen LogP contribution in [0.15, 0.2) is 79.1 Å². The van der Waals surface area contributed by atoms with E-state index in [4.69, 9.17) is 4.98 Å². The average molecular weight is 456 g/mol. The average Bonchev–Trinajstić information content (AvgIpc) is 3.20. The zero-order valence-corrected chi connectivity index (χ0v) is 19.5. The summed E-state index contributed by atoms with van der Waals surface area (Å²) in [6.45, 7) is 5.21. The molecule has 34 heavy (non-hydrogen) atoms. The summed E-state index contributed by atoms with van der Waals surface area (Å²) in [4.78, 5) is 36.4. The van der Waals surface area contributed by atoms with Gasteiger partial charge in [-0.1, -0.05) is 42.5 Å². The maximum absolute atomic E-state index is 13.4. The fourth-order valence-electron chi connectivity index (χ4n) is 3.94. The van der Waals surface area contributed by atoms with Gasteiger partial charge in [0.05, 0.1) is 16.6 Å². The zero-order valence-electron chi connectivity index (χ0n) is 19.5. The van der Waals surface area contributed by atoms with Gasteiger partial charge in [0.1, 0.15) is 12.4 Å². The number of benzene rings is 2. The SMILES string of the molecule is CC(C)N(Cc1ccccc1)C(=O)Cn1c(CCNC(=O)c2cccnc2)nc2ccccc21. The lowest BCUT2D eigenvalue weighted by molar-refractivity contribution is -0.134. The van der Waals surface area contributed by atoms with Crippen molar-refractivity contribution < 1.29 is 9.59 Å². The van der Waals surface area contributed by atoms with Crippen molar-refractivity contribution in [2.24, 2.45) is 0 Å². The number of aromatic nitrogens is 3. The number of hydrogen-bond donors (Lipinski definition) is 1. The molecule has 4 aromatic rings. The van der Waals surface area contributed by atoms with Crippen LogP contribution in [0.1, 0.15) is 35.6 Å². The van der Waals surface area contributed by atoms with E-state index in [9.17, 15) is 9.59 Å². The van der Waals surface area contributed by atoms with Crippen molar-refractivity contribution in [1.29, 1.82) is 0 Å². The van der Waals surface area contributed by atoms with Crippen LogP contribution >= 0.6 is 0 Å². The third kappa shape index (κ3) is 5.49. The fourth-order valence-corrected chi connectivity index (χ4v) is 3.94. The second-order valence-electron chi connectivity index (χ2n) is 8.45.